The Morgan fingerprint density at radius 2 is 1.70 bits per heavy atom. The summed E-state index contributed by atoms with van der Waals surface area (Å²) in [4.78, 5) is 40.4. The van der Waals surface area contributed by atoms with Crippen molar-refractivity contribution in [3.05, 3.63) is 69.1 Å². The Hall–Kier alpha value is -2.90. The monoisotopic (exact) mass is 489 g/mol. The van der Waals surface area contributed by atoms with Gasteiger partial charge >= 0.3 is 5.97 Å². The van der Waals surface area contributed by atoms with Crippen LogP contribution in [0.1, 0.15) is 49.0 Å². The Balaban J connectivity index is 1.69. The molecule has 1 aliphatic rings. The number of carboxylic acid groups (broad SMARTS) is 1. The third kappa shape index (κ3) is 6.33. The van der Waals surface area contributed by atoms with Crippen LogP contribution in [0.15, 0.2) is 47.9 Å². The van der Waals surface area contributed by atoms with Crippen molar-refractivity contribution < 1.29 is 19.5 Å². The van der Waals surface area contributed by atoms with Crippen molar-refractivity contribution in [3.8, 4) is 0 Å². The summed E-state index contributed by atoms with van der Waals surface area (Å²) in [6.07, 6.45) is 4.48. The highest BCUT2D eigenvalue weighted by molar-refractivity contribution is 6.40. The minimum atomic E-state index is -0.995. The molecule has 0 saturated carbocycles. The van der Waals surface area contributed by atoms with Crippen molar-refractivity contribution in [2.75, 3.05) is 5.32 Å². The van der Waals surface area contributed by atoms with Gasteiger partial charge in [0.25, 0.3) is 5.91 Å². The van der Waals surface area contributed by atoms with Gasteiger partial charge in [-0.15, -0.1) is 0 Å². The molecule has 1 aromatic carbocycles. The highest BCUT2D eigenvalue weighted by Gasteiger charge is 2.27. The predicted octanol–water partition coefficient (Wildman–Crippen LogP) is 4.89. The fourth-order valence-corrected chi connectivity index (χ4v) is 4.24. The van der Waals surface area contributed by atoms with Gasteiger partial charge in [-0.3, -0.25) is 14.6 Å². The number of hydrogen-bond acceptors (Lipinski definition) is 5. The number of anilines is 1. The molecular weight excluding hydrogens is 465 g/mol. The third-order valence-corrected chi connectivity index (χ3v) is 5.87. The summed E-state index contributed by atoms with van der Waals surface area (Å²) in [5.74, 6) is -1.07. The zero-order chi connectivity index (χ0) is 24.1. The molecule has 0 saturated heterocycles. The maximum atomic E-state index is 12.5. The van der Waals surface area contributed by atoms with Crippen molar-refractivity contribution in [3.63, 3.8) is 0 Å². The summed E-state index contributed by atoms with van der Waals surface area (Å²) in [5, 5.41) is 15.8. The number of aromatic nitrogens is 1. The van der Waals surface area contributed by atoms with Crippen LogP contribution in [-0.4, -0.2) is 33.8 Å². The van der Waals surface area contributed by atoms with E-state index in [4.69, 9.17) is 23.2 Å². The molecule has 3 rings (SSSR count). The van der Waals surface area contributed by atoms with Crippen LogP contribution >= 0.6 is 23.2 Å². The summed E-state index contributed by atoms with van der Waals surface area (Å²) in [6, 6.07) is 5.97. The molecule has 1 aliphatic carbocycles. The molecule has 3 N–H and O–H groups in total. The Bertz CT molecular complexity index is 1080. The van der Waals surface area contributed by atoms with Gasteiger partial charge in [0.15, 0.2) is 5.78 Å². The number of hydrogen-bond donors (Lipinski definition) is 3. The standard InChI is InChI=1S/C24H25Cl2N3O4/c1-13(2)9-16-19(7-8-21(16)30)29-20(24(32)33)10-14-3-5-15(6-4-14)28-23(31)22-17(25)11-27-12-18(22)26/h3-6,11-13,20,29H,7-10H2,1-2H3,(H,28,31)(H,32,33)/t20-/m0/s1. The average Bonchev–Trinajstić information content (AvgIpc) is 3.07. The molecule has 0 aliphatic heterocycles. The van der Waals surface area contributed by atoms with Crippen molar-refractivity contribution in [1.82, 2.24) is 10.3 Å². The molecule has 1 aromatic heterocycles. The van der Waals surface area contributed by atoms with Crippen molar-refractivity contribution in [2.45, 2.75) is 45.6 Å². The first-order valence-corrected chi connectivity index (χ1v) is 11.3. The van der Waals surface area contributed by atoms with E-state index in [9.17, 15) is 19.5 Å². The Morgan fingerprint density at radius 1 is 1.06 bits per heavy atom. The van der Waals surface area contributed by atoms with E-state index in [-0.39, 0.29) is 27.8 Å². The summed E-state index contributed by atoms with van der Waals surface area (Å²) < 4.78 is 0. The number of nitrogens with zero attached hydrogens (tertiary/aromatic N) is 1. The Kier molecular flexibility index (Phi) is 8.10. The second-order valence-corrected chi connectivity index (χ2v) is 9.16. The molecule has 0 fully saturated rings. The van der Waals surface area contributed by atoms with Crippen molar-refractivity contribution in [2.24, 2.45) is 5.92 Å². The number of ketones is 1. The molecule has 1 atom stereocenters. The highest BCUT2D eigenvalue weighted by atomic mass is 35.5. The van der Waals surface area contributed by atoms with E-state index < -0.39 is 17.9 Å². The first kappa shape index (κ1) is 24.7. The van der Waals surface area contributed by atoms with Gasteiger partial charge in [0.2, 0.25) is 0 Å². The van der Waals surface area contributed by atoms with Crippen LogP contribution in [0.4, 0.5) is 5.69 Å². The average molecular weight is 490 g/mol. The van der Waals surface area contributed by atoms with Crippen molar-refractivity contribution in [1.29, 1.82) is 0 Å². The number of halogens is 2. The van der Waals surface area contributed by atoms with Gasteiger partial charge < -0.3 is 15.7 Å². The highest BCUT2D eigenvalue weighted by Crippen LogP contribution is 2.27. The van der Waals surface area contributed by atoms with E-state index in [0.717, 1.165) is 11.3 Å². The minimum Gasteiger partial charge on any atom is -0.480 e. The number of benzene rings is 1. The van der Waals surface area contributed by atoms with Gasteiger partial charge in [0.1, 0.15) is 6.04 Å². The lowest BCUT2D eigenvalue weighted by Gasteiger charge is -2.19. The van der Waals surface area contributed by atoms with E-state index >= 15 is 0 Å². The first-order chi connectivity index (χ1) is 15.7. The molecule has 9 heteroatoms. The number of pyridine rings is 1. The number of aliphatic carboxylic acids is 1. The van der Waals surface area contributed by atoms with Crippen LogP contribution < -0.4 is 10.6 Å². The quantitative estimate of drug-likeness (QED) is 0.462. The fraction of sp³-hybridized carbons (Fsp3) is 0.333. The van der Waals surface area contributed by atoms with E-state index in [1.807, 2.05) is 13.8 Å². The number of carbonyl (C=O) groups is 3. The minimum absolute atomic E-state index is 0.0878. The van der Waals surface area contributed by atoms with Gasteiger partial charge in [-0.2, -0.15) is 0 Å². The number of carboxylic acids is 1. The molecule has 1 heterocycles. The number of Topliss-reactive ketones (excluding diaryl/α,β-unsaturated/α-hetero) is 1. The summed E-state index contributed by atoms with van der Waals surface area (Å²) in [5.41, 5.74) is 2.85. The zero-order valence-corrected chi connectivity index (χ0v) is 19.8. The normalized spacial score (nSPS) is 14.5. The van der Waals surface area contributed by atoms with Crippen molar-refractivity contribution >= 4 is 46.5 Å². The molecule has 0 unspecified atom stereocenters. The van der Waals surface area contributed by atoms with Gasteiger partial charge in [-0.25, -0.2) is 4.79 Å². The number of amides is 1. The molecule has 0 bridgehead atoms. The fourth-order valence-electron chi connectivity index (χ4n) is 3.71. The van der Waals surface area contributed by atoms with Gasteiger partial charge in [0, 0.05) is 42.2 Å². The number of allylic oxidation sites excluding steroid dienone is 2. The van der Waals surface area contributed by atoms with Crippen LogP contribution in [-0.2, 0) is 16.0 Å². The lowest BCUT2D eigenvalue weighted by molar-refractivity contribution is -0.139. The van der Waals surface area contributed by atoms with Crippen LogP contribution in [0.25, 0.3) is 0 Å². The second-order valence-electron chi connectivity index (χ2n) is 8.35. The Labute approximate surface area is 202 Å². The van der Waals surface area contributed by atoms with Crippen LogP contribution in [0, 0.1) is 5.92 Å². The lowest BCUT2D eigenvalue weighted by atomic mass is 10.0. The summed E-state index contributed by atoms with van der Waals surface area (Å²) in [6.45, 7) is 4.06. The molecule has 7 nitrogen and oxygen atoms in total. The maximum Gasteiger partial charge on any atom is 0.326 e. The topological polar surface area (TPSA) is 108 Å². The number of nitrogens with one attached hydrogen (secondary N) is 2. The lowest BCUT2D eigenvalue weighted by Crippen LogP contribution is -2.38. The second kappa shape index (κ2) is 10.8. The summed E-state index contributed by atoms with van der Waals surface area (Å²) in [7, 11) is 0. The third-order valence-electron chi connectivity index (χ3n) is 5.29. The molecule has 0 spiro atoms. The zero-order valence-electron chi connectivity index (χ0n) is 18.3. The maximum absolute atomic E-state index is 12.5. The first-order valence-electron chi connectivity index (χ1n) is 10.6. The van der Waals surface area contributed by atoms with E-state index in [2.05, 4.69) is 15.6 Å². The van der Waals surface area contributed by atoms with Crippen LogP contribution in [0.2, 0.25) is 10.0 Å². The van der Waals surface area contributed by atoms with E-state index in [0.29, 0.717) is 36.4 Å². The molecule has 1 amide bonds. The molecule has 2 aromatic rings. The van der Waals surface area contributed by atoms with Gasteiger partial charge in [-0.05, 0) is 36.5 Å². The predicted molar refractivity (Wildman–Crippen MR) is 128 cm³/mol. The Morgan fingerprint density at radius 3 is 2.27 bits per heavy atom. The number of carbonyl (C=O) groups excluding carboxylic acids is 2. The molecule has 0 radical (unpaired) electrons. The van der Waals surface area contributed by atoms with Crippen LogP contribution in [0.3, 0.4) is 0 Å². The SMILES string of the molecule is CC(C)CC1=C(N[C@@H](Cc2ccc(NC(=O)c3c(Cl)cncc3Cl)cc2)C(=O)O)CCC1=O. The smallest absolute Gasteiger partial charge is 0.326 e. The van der Waals surface area contributed by atoms with Gasteiger partial charge in [0.05, 0.1) is 15.6 Å². The summed E-state index contributed by atoms with van der Waals surface area (Å²) >= 11 is 12.0. The molecule has 33 heavy (non-hydrogen) atoms. The number of rotatable bonds is 9. The molecule has 174 valence electrons. The van der Waals surface area contributed by atoms with Crippen LogP contribution in [0.5, 0.6) is 0 Å². The van der Waals surface area contributed by atoms with Gasteiger partial charge in [-0.1, -0.05) is 49.2 Å². The molecular formula is C24H25Cl2N3O4. The van der Waals surface area contributed by atoms with E-state index in [1.165, 1.54) is 12.4 Å². The largest absolute Gasteiger partial charge is 0.480 e. The van der Waals surface area contributed by atoms with E-state index in [1.54, 1.807) is 24.3 Å².